The molecule has 2 nitrogen and oxygen atoms in total. The monoisotopic (exact) mass is 258 g/mol. The van der Waals surface area contributed by atoms with E-state index in [4.69, 9.17) is 0 Å². The van der Waals surface area contributed by atoms with Gasteiger partial charge in [0.05, 0.1) is 5.52 Å². The molecule has 3 heterocycles. The van der Waals surface area contributed by atoms with E-state index >= 15 is 0 Å². The van der Waals surface area contributed by atoms with E-state index in [-0.39, 0.29) is 5.82 Å². The fourth-order valence-corrected chi connectivity index (χ4v) is 3.88. The lowest BCUT2D eigenvalue weighted by Gasteiger charge is -2.23. The summed E-state index contributed by atoms with van der Waals surface area (Å²) in [6, 6.07) is 3.49. The van der Waals surface area contributed by atoms with Crippen molar-refractivity contribution in [2.24, 2.45) is 5.92 Å². The Morgan fingerprint density at radius 3 is 3.00 bits per heavy atom. The van der Waals surface area contributed by atoms with Crippen LogP contribution in [0.15, 0.2) is 12.1 Å². The van der Waals surface area contributed by atoms with Gasteiger partial charge in [-0.15, -0.1) is 0 Å². The molecule has 2 aliphatic rings. The van der Waals surface area contributed by atoms with E-state index < -0.39 is 0 Å². The largest absolute Gasteiger partial charge is 0.344 e. The van der Waals surface area contributed by atoms with Crippen LogP contribution in [-0.4, -0.2) is 17.7 Å². The lowest BCUT2D eigenvalue weighted by molar-refractivity contribution is 0.459. The van der Waals surface area contributed by atoms with Crippen molar-refractivity contribution in [3.63, 3.8) is 0 Å². The van der Waals surface area contributed by atoms with Gasteiger partial charge in [-0.25, -0.2) is 4.39 Å². The molecule has 0 amide bonds. The van der Waals surface area contributed by atoms with Crippen molar-refractivity contribution in [1.82, 2.24) is 9.88 Å². The molecule has 1 unspecified atom stereocenters. The van der Waals surface area contributed by atoms with Gasteiger partial charge in [0.1, 0.15) is 5.82 Å². The van der Waals surface area contributed by atoms with Crippen molar-refractivity contribution < 1.29 is 4.39 Å². The van der Waals surface area contributed by atoms with Gasteiger partial charge in [-0.05, 0) is 48.6 Å². The molecule has 0 saturated carbocycles. The van der Waals surface area contributed by atoms with E-state index in [9.17, 15) is 4.39 Å². The number of hydrogen-bond donors (Lipinski definition) is 1. The molecule has 1 N–H and O–H groups in total. The highest BCUT2D eigenvalue weighted by Gasteiger charge is 2.26. The summed E-state index contributed by atoms with van der Waals surface area (Å²) in [5.41, 5.74) is 5.34. The Kier molecular flexibility index (Phi) is 2.46. The number of benzene rings is 1. The number of halogens is 1. The summed E-state index contributed by atoms with van der Waals surface area (Å²) in [5, 5.41) is 4.61. The molecule has 100 valence electrons. The van der Waals surface area contributed by atoms with E-state index in [1.54, 1.807) is 12.1 Å². The van der Waals surface area contributed by atoms with E-state index in [1.807, 2.05) is 0 Å². The molecule has 19 heavy (non-hydrogen) atoms. The van der Waals surface area contributed by atoms with Crippen molar-refractivity contribution in [1.29, 1.82) is 0 Å². The summed E-state index contributed by atoms with van der Waals surface area (Å²) in [4.78, 5) is 0. The van der Waals surface area contributed by atoms with Crippen LogP contribution in [0.25, 0.3) is 10.9 Å². The number of rotatable bonds is 0. The molecule has 2 aliphatic heterocycles. The Balaban J connectivity index is 2.07. The summed E-state index contributed by atoms with van der Waals surface area (Å²) >= 11 is 0. The highest BCUT2D eigenvalue weighted by molar-refractivity contribution is 5.89. The molecule has 1 aromatic heterocycles. The third-order valence-electron chi connectivity index (χ3n) is 4.58. The van der Waals surface area contributed by atoms with Gasteiger partial charge in [0.2, 0.25) is 0 Å². The smallest absolute Gasteiger partial charge is 0.124 e. The molecule has 0 saturated heterocycles. The van der Waals surface area contributed by atoms with Gasteiger partial charge in [-0.1, -0.05) is 6.92 Å². The average molecular weight is 258 g/mol. The Labute approximate surface area is 112 Å². The van der Waals surface area contributed by atoms with Crippen LogP contribution in [-0.2, 0) is 25.8 Å². The molecule has 2 aromatic rings. The van der Waals surface area contributed by atoms with Gasteiger partial charge in [-0.2, -0.15) is 0 Å². The first-order valence-electron chi connectivity index (χ1n) is 7.27. The Bertz CT molecular complexity index is 657. The zero-order valence-electron chi connectivity index (χ0n) is 11.3. The van der Waals surface area contributed by atoms with Crippen LogP contribution < -0.4 is 5.32 Å². The highest BCUT2D eigenvalue weighted by atomic mass is 19.1. The third-order valence-corrected chi connectivity index (χ3v) is 4.58. The molecule has 4 rings (SSSR count). The first-order chi connectivity index (χ1) is 9.24. The predicted molar refractivity (Wildman–Crippen MR) is 75.0 cm³/mol. The van der Waals surface area contributed by atoms with E-state index in [0.29, 0.717) is 5.92 Å². The predicted octanol–water partition coefficient (Wildman–Crippen LogP) is 2.66. The minimum absolute atomic E-state index is 0.0752. The van der Waals surface area contributed by atoms with Gasteiger partial charge >= 0.3 is 0 Å². The molecule has 0 spiro atoms. The van der Waals surface area contributed by atoms with Crippen LogP contribution in [0.4, 0.5) is 4.39 Å². The zero-order valence-corrected chi connectivity index (χ0v) is 11.3. The fourth-order valence-electron chi connectivity index (χ4n) is 3.88. The highest BCUT2D eigenvalue weighted by Crippen LogP contribution is 2.36. The molecule has 0 fully saturated rings. The van der Waals surface area contributed by atoms with Crippen molar-refractivity contribution >= 4 is 10.9 Å². The Morgan fingerprint density at radius 2 is 2.11 bits per heavy atom. The minimum atomic E-state index is -0.0752. The molecule has 1 aromatic carbocycles. The second-order valence-electron chi connectivity index (χ2n) is 6.06. The van der Waals surface area contributed by atoms with Crippen LogP contribution in [0.2, 0.25) is 0 Å². The van der Waals surface area contributed by atoms with Gasteiger partial charge < -0.3 is 9.88 Å². The number of hydrogen-bond acceptors (Lipinski definition) is 1. The molecule has 0 aliphatic carbocycles. The fraction of sp³-hybridized carbons (Fsp3) is 0.500. The van der Waals surface area contributed by atoms with E-state index in [1.165, 1.54) is 27.7 Å². The van der Waals surface area contributed by atoms with Gasteiger partial charge in [0.25, 0.3) is 0 Å². The van der Waals surface area contributed by atoms with Gasteiger partial charge in [0.15, 0.2) is 0 Å². The first kappa shape index (κ1) is 11.5. The maximum Gasteiger partial charge on any atom is 0.124 e. The van der Waals surface area contributed by atoms with Crippen molar-refractivity contribution in [3.8, 4) is 0 Å². The molecule has 0 radical (unpaired) electrons. The standard InChI is InChI=1S/C16H19FN2/c1-10-6-11-7-12(17)8-14-13-2-4-18-5-3-15(13)19(9-10)16(11)14/h7-8,10,18H,2-6,9H2,1H3. The molecule has 0 bridgehead atoms. The zero-order chi connectivity index (χ0) is 13.0. The molecule has 1 atom stereocenters. The quantitative estimate of drug-likeness (QED) is 0.768. The lowest BCUT2D eigenvalue weighted by atomic mass is 9.95. The third kappa shape index (κ3) is 1.64. The maximum absolute atomic E-state index is 13.9. The normalized spacial score (nSPS) is 22.3. The Morgan fingerprint density at radius 1 is 1.26 bits per heavy atom. The SMILES string of the molecule is CC1Cc2cc(F)cc3c4c(n(c23)C1)CCNCC4. The molecular formula is C16H19FN2. The van der Waals surface area contributed by atoms with E-state index in [2.05, 4.69) is 16.8 Å². The van der Waals surface area contributed by atoms with E-state index in [0.717, 1.165) is 38.9 Å². The first-order valence-corrected chi connectivity index (χ1v) is 7.27. The minimum Gasteiger partial charge on any atom is -0.344 e. The summed E-state index contributed by atoms with van der Waals surface area (Å²) in [7, 11) is 0. The topological polar surface area (TPSA) is 17.0 Å². The van der Waals surface area contributed by atoms with Crippen molar-refractivity contribution in [2.75, 3.05) is 13.1 Å². The van der Waals surface area contributed by atoms with Crippen LogP contribution >= 0.6 is 0 Å². The summed E-state index contributed by atoms with van der Waals surface area (Å²) in [6.45, 7) is 5.40. The average Bonchev–Trinajstić information content (AvgIpc) is 2.55. The van der Waals surface area contributed by atoms with Gasteiger partial charge in [0, 0.05) is 30.6 Å². The maximum atomic E-state index is 13.9. The van der Waals surface area contributed by atoms with Crippen LogP contribution in [0.3, 0.4) is 0 Å². The van der Waals surface area contributed by atoms with Crippen molar-refractivity contribution in [3.05, 3.63) is 34.8 Å². The van der Waals surface area contributed by atoms with Crippen LogP contribution in [0.5, 0.6) is 0 Å². The molecular weight excluding hydrogens is 239 g/mol. The number of fused-ring (bicyclic) bond motifs is 3. The number of nitrogens with zero attached hydrogens (tertiary/aromatic N) is 1. The van der Waals surface area contributed by atoms with Crippen LogP contribution in [0.1, 0.15) is 23.7 Å². The number of aromatic nitrogens is 1. The van der Waals surface area contributed by atoms with Crippen LogP contribution in [0, 0.1) is 11.7 Å². The Hall–Kier alpha value is -1.35. The summed E-state index contributed by atoms with van der Waals surface area (Å²) in [5.74, 6) is 0.527. The van der Waals surface area contributed by atoms with Gasteiger partial charge in [-0.3, -0.25) is 0 Å². The summed E-state index contributed by atoms with van der Waals surface area (Å²) in [6.07, 6.45) is 3.10. The summed E-state index contributed by atoms with van der Waals surface area (Å²) < 4.78 is 16.4. The second-order valence-corrected chi connectivity index (χ2v) is 6.06. The second kappa shape index (κ2) is 4.07. The molecule has 3 heteroatoms. The lowest BCUT2D eigenvalue weighted by Crippen LogP contribution is -2.20. The number of nitrogens with one attached hydrogen (secondary N) is 1. The van der Waals surface area contributed by atoms with Crippen molar-refractivity contribution in [2.45, 2.75) is 32.7 Å².